The monoisotopic (exact) mass is 560 g/mol. The number of nitrogens with zero attached hydrogens (tertiary/aromatic N) is 1. The van der Waals surface area contributed by atoms with E-state index in [1.807, 2.05) is 32.6 Å². The lowest BCUT2D eigenvalue weighted by Crippen LogP contribution is -2.61. The van der Waals surface area contributed by atoms with Gasteiger partial charge in [0, 0.05) is 37.2 Å². The lowest BCUT2D eigenvalue weighted by atomic mass is 9.88. The third-order valence-electron chi connectivity index (χ3n) is 8.40. The minimum Gasteiger partial charge on any atom is -0.349 e. The second-order valence-corrected chi connectivity index (χ2v) is 11.7. The van der Waals surface area contributed by atoms with Gasteiger partial charge in [0.1, 0.15) is 17.4 Å². The van der Waals surface area contributed by atoms with Gasteiger partial charge in [0.2, 0.25) is 17.7 Å². The molecular formula is C29H45FN6O4. The maximum absolute atomic E-state index is 14.3. The molecule has 0 spiro atoms. The Bertz CT molecular complexity index is 1060. The van der Waals surface area contributed by atoms with Gasteiger partial charge in [-0.05, 0) is 52.5 Å². The van der Waals surface area contributed by atoms with Gasteiger partial charge in [-0.3, -0.25) is 29.9 Å². The third kappa shape index (κ3) is 6.99. The fraction of sp³-hybridized carbons (Fsp3) is 0.690. The number of piperidine rings is 1. The molecule has 0 aliphatic carbocycles. The predicted molar refractivity (Wildman–Crippen MR) is 149 cm³/mol. The first-order valence-corrected chi connectivity index (χ1v) is 14.7. The lowest BCUT2D eigenvalue weighted by Gasteiger charge is -2.35. The average molecular weight is 561 g/mol. The smallest absolute Gasteiger partial charge is 0.243 e. The molecule has 3 fully saturated rings. The van der Waals surface area contributed by atoms with Crippen molar-refractivity contribution in [3.63, 3.8) is 0 Å². The standard InChI is InChI=1S/C29H45FN6O4/c1-5-13-29(16-19(3)40-35-29)28(39)34-23(15-25(37)36-14-9-8-10-18(36)2)27(38)32-20(4)26-31-17-24(33-26)21-11-6-7-12-22(21)30/h6-7,11-12,18-20,23-24,26,31,33,35H,5,8-10,13-17H2,1-4H3,(H,32,38)(H,34,39)/t18-,19?,20-,23-,24?,26?,29?/m0/s1. The molecule has 3 heterocycles. The first-order valence-electron chi connectivity index (χ1n) is 14.7. The highest BCUT2D eigenvalue weighted by atomic mass is 19.1. The van der Waals surface area contributed by atoms with Crippen molar-refractivity contribution in [1.82, 2.24) is 31.6 Å². The van der Waals surface area contributed by atoms with Crippen LogP contribution in [0.1, 0.15) is 84.2 Å². The summed E-state index contributed by atoms with van der Waals surface area (Å²) in [6, 6.07) is 5.03. The van der Waals surface area contributed by atoms with E-state index in [0.717, 1.165) is 25.7 Å². The summed E-state index contributed by atoms with van der Waals surface area (Å²) in [6.07, 6.45) is 4.09. The SMILES string of the molecule is CCCC1(C(=O)N[C@@H](CC(=O)N2CCCC[C@@H]2C)C(=O)N[C@@H](C)C2NCC(c3ccccc3F)N2)CC(C)ON1. The van der Waals surface area contributed by atoms with E-state index >= 15 is 0 Å². The number of carbonyl (C=O) groups excluding carboxylic acids is 3. The van der Waals surface area contributed by atoms with Crippen molar-refractivity contribution in [3.8, 4) is 0 Å². The van der Waals surface area contributed by atoms with Crippen molar-refractivity contribution in [1.29, 1.82) is 0 Å². The molecule has 4 rings (SSSR count). The highest BCUT2D eigenvalue weighted by Crippen LogP contribution is 2.28. The summed E-state index contributed by atoms with van der Waals surface area (Å²) in [5, 5.41) is 12.5. The first kappa shape index (κ1) is 30.4. The molecule has 0 saturated carbocycles. The van der Waals surface area contributed by atoms with Gasteiger partial charge in [-0.2, -0.15) is 5.48 Å². The number of hydroxylamine groups is 1. The Hall–Kier alpha value is -2.60. The number of likely N-dealkylation sites (tertiary alicyclic amines) is 1. The van der Waals surface area contributed by atoms with Crippen LogP contribution in [0, 0.1) is 5.82 Å². The van der Waals surface area contributed by atoms with E-state index < -0.39 is 23.5 Å². The van der Waals surface area contributed by atoms with Gasteiger partial charge in [0.05, 0.1) is 24.7 Å². The summed E-state index contributed by atoms with van der Waals surface area (Å²) in [7, 11) is 0. The molecule has 11 heteroatoms. The molecule has 222 valence electrons. The molecule has 40 heavy (non-hydrogen) atoms. The molecule has 0 radical (unpaired) electrons. The summed E-state index contributed by atoms with van der Waals surface area (Å²) < 4.78 is 14.3. The number of halogens is 1. The molecular weight excluding hydrogens is 515 g/mol. The quantitative estimate of drug-likeness (QED) is 0.297. The molecule has 3 aliphatic rings. The van der Waals surface area contributed by atoms with E-state index in [2.05, 4.69) is 26.7 Å². The van der Waals surface area contributed by atoms with Gasteiger partial charge in [0.25, 0.3) is 0 Å². The fourth-order valence-electron chi connectivity index (χ4n) is 6.15. The molecule has 1 aromatic carbocycles. The lowest BCUT2D eigenvalue weighted by molar-refractivity contribution is -0.140. The van der Waals surface area contributed by atoms with Gasteiger partial charge in [-0.25, -0.2) is 4.39 Å². The average Bonchev–Trinajstić information content (AvgIpc) is 3.57. The van der Waals surface area contributed by atoms with Crippen LogP contribution in [0.2, 0.25) is 0 Å². The van der Waals surface area contributed by atoms with Crippen LogP contribution in [0.15, 0.2) is 24.3 Å². The molecule has 1 aromatic rings. The van der Waals surface area contributed by atoms with Gasteiger partial charge < -0.3 is 15.5 Å². The second-order valence-electron chi connectivity index (χ2n) is 11.7. The van der Waals surface area contributed by atoms with E-state index in [-0.39, 0.29) is 48.4 Å². The summed E-state index contributed by atoms with van der Waals surface area (Å²) in [5.74, 6) is -1.21. The number of nitrogens with one attached hydrogen (secondary N) is 5. The van der Waals surface area contributed by atoms with Crippen molar-refractivity contribution in [2.75, 3.05) is 13.1 Å². The van der Waals surface area contributed by atoms with E-state index in [4.69, 9.17) is 4.84 Å². The topological polar surface area (TPSA) is 124 Å². The Labute approximate surface area is 236 Å². The van der Waals surface area contributed by atoms with Gasteiger partial charge in [-0.15, -0.1) is 0 Å². The Morgan fingerprint density at radius 3 is 2.65 bits per heavy atom. The molecule has 10 nitrogen and oxygen atoms in total. The second kappa shape index (κ2) is 13.4. The number of hydrogen-bond donors (Lipinski definition) is 5. The number of hydrogen-bond acceptors (Lipinski definition) is 7. The van der Waals surface area contributed by atoms with Gasteiger partial charge in [-0.1, -0.05) is 31.5 Å². The van der Waals surface area contributed by atoms with E-state index in [0.29, 0.717) is 31.5 Å². The van der Waals surface area contributed by atoms with E-state index in [1.54, 1.807) is 18.2 Å². The first-order chi connectivity index (χ1) is 19.1. The molecule has 3 saturated heterocycles. The Balaban J connectivity index is 1.45. The summed E-state index contributed by atoms with van der Waals surface area (Å²) >= 11 is 0. The normalized spacial score (nSPS) is 30.1. The van der Waals surface area contributed by atoms with Crippen LogP contribution >= 0.6 is 0 Å². The number of carbonyl (C=O) groups is 3. The number of rotatable bonds is 10. The molecule has 3 aliphatic heterocycles. The van der Waals surface area contributed by atoms with Gasteiger partial charge in [0.15, 0.2) is 0 Å². The van der Waals surface area contributed by atoms with Crippen LogP contribution < -0.4 is 26.7 Å². The molecule has 4 unspecified atom stereocenters. The van der Waals surface area contributed by atoms with E-state index in [9.17, 15) is 18.8 Å². The molecule has 0 bridgehead atoms. The summed E-state index contributed by atoms with van der Waals surface area (Å²) in [4.78, 5) is 47.9. The zero-order chi connectivity index (χ0) is 28.9. The Morgan fingerprint density at radius 2 is 1.98 bits per heavy atom. The van der Waals surface area contributed by atoms with Crippen molar-refractivity contribution >= 4 is 17.7 Å². The third-order valence-corrected chi connectivity index (χ3v) is 8.40. The molecule has 0 aromatic heterocycles. The maximum Gasteiger partial charge on any atom is 0.243 e. The minimum atomic E-state index is -1.05. The zero-order valence-electron chi connectivity index (χ0n) is 24.1. The Kier molecular flexibility index (Phi) is 10.2. The number of amides is 3. The van der Waals surface area contributed by atoms with Crippen LogP contribution in [0.5, 0.6) is 0 Å². The van der Waals surface area contributed by atoms with Crippen LogP contribution in [0.4, 0.5) is 4.39 Å². The van der Waals surface area contributed by atoms with Crippen LogP contribution in [-0.2, 0) is 19.2 Å². The minimum absolute atomic E-state index is 0.0963. The van der Waals surface area contributed by atoms with Crippen molar-refractivity contribution in [2.24, 2.45) is 0 Å². The van der Waals surface area contributed by atoms with Gasteiger partial charge >= 0.3 is 0 Å². The van der Waals surface area contributed by atoms with Crippen LogP contribution in [0.3, 0.4) is 0 Å². The number of benzene rings is 1. The Morgan fingerprint density at radius 1 is 1.20 bits per heavy atom. The zero-order valence-corrected chi connectivity index (χ0v) is 24.1. The highest BCUT2D eigenvalue weighted by molar-refractivity contribution is 5.95. The van der Waals surface area contributed by atoms with Crippen LogP contribution in [0.25, 0.3) is 0 Å². The predicted octanol–water partition coefficient (Wildman–Crippen LogP) is 2.02. The van der Waals surface area contributed by atoms with Crippen molar-refractivity contribution in [3.05, 3.63) is 35.6 Å². The largest absolute Gasteiger partial charge is 0.349 e. The molecule has 7 atom stereocenters. The highest BCUT2D eigenvalue weighted by Gasteiger charge is 2.46. The summed E-state index contributed by atoms with van der Waals surface area (Å²) in [5.41, 5.74) is 2.51. The molecule has 3 amide bonds. The summed E-state index contributed by atoms with van der Waals surface area (Å²) in [6.45, 7) is 8.89. The van der Waals surface area contributed by atoms with Crippen LogP contribution in [-0.4, -0.2) is 71.6 Å². The maximum atomic E-state index is 14.3. The van der Waals surface area contributed by atoms with E-state index in [1.165, 1.54) is 6.07 Å². The van der Waals surface area contributed by atoms with Crippen molar-refractivity contribution < 1.29 is 23.6 Å². The van der Waals surface area contributed by atoms with Crippen molar-refractivity contribution in [2.45, 2.75) is 115 Å². The fourth-order valence-corrected chi connectivity index (χ4v) is 6.15. The molecule has 5 N–H and O–H groups in total.